The van der Waals surface area contributed by atoms with Crippen molar-refractivity contribution in [3.05, 3.63) is 47.9 Å². The third kappa shape index (κ3) is 3.95. The Morgan fingerprint density at radius 1 is 1.27 bits per heavy atom. The second-order valence-corrected chi connectivity index (χ2v) is 4.18. The van der Waals surface area contributed by atoms with Gasteiger partial charge in [0.2, 0.25) is 0 Å². The predicted octanol–water partition coefficient (Wildman–Crippen LogP) is 1.98. The van der Waals surface area contributed by atoms with E-state index in [9.17, 15) is 9.59 Å². The van der Waals surface area contributed by atoms with Crippen LogP contribution in [0, 0.1) is 0 Å². The average molecular weight is 302 g/mol. The zero-order chi connectivity index (χ0) is 15.9. The van der Waals surface area contributed by atoms with Crippen LogP contribution >= 0.6 is 0 Å². The van der Waals surface area contributed by atoms with Gasteiger partial charge in [0.25, 0.3) is 0 Å². The largest absolute Gasteiger partial charge is 0.493 e. The molecule has 114 valence electrons. The SMILES string of the molecule is COc1cc(/C=N\NC(=O)c2ccco2)ccc1OC(C)=O. The molecule has 0 bridgehead atoms. The molecule has 1 aromatic heterocycles. The molecule has 0 saturated carbocycles. The van der Waals surface area contributed by atoms with Crippen LogP contribution in [0.3, 0.4) is 0 Å². The van der Waals surface area contributed by atoms with Gasteiger partial charge in [0.15, 0.2) is 17.3 Å². The van der Waals surface area contributed by atoms with Gasteiger partial charge < -0.3 is 13.9 Å². The normalized spacial score (nSPS) is 10.5. The van der Waals surface area contributed by atoms with Gasteiger partial charge in [-0.3, -0.25) is 9.59 Å². The van der Waals surface area contributed by atoms with E-state index in [1.165, 1.54) is 32.6 Å². The zero-order valence-electron chi connectivity index (χ0n) is 12.0. The molecule has 0 unspecified atom stereocenters. The number of ether oxygens (including phenoxy) is 2. The summed E-state index contributed by atoms with van der Waals surface area (Å²) in [6, 6.07) is 8.01. The van der Waals surface area contributed by atoms with Crippen LogP contribution in [0.2, 0.25) is 0 Å². The van der Waals surface area contributed by atoms with Gasteiger partial charge in [0, 0.05) is 6.92 Å². The van der Waals surface area contributed by atoms with Crippen molar-refractivity contribution < 1.29 is 23.5 Å². The molecule has 1 amide bonds. The van der Waals surface area contributed by atoms with E-state index in [2.05, 4.69) is 10.5 Å². The van der Waals surface area contributed by atoms with Crippen molar-refractivity contribution in [2.75, 3.05) is 7.11 Å². The van der Waals surface area contributed by atoms with E-state index in [0.29, 0.717) is 17.1 Å². The molecule has 0 aliphatic heterocycles. The number of hydrazone groups is 1. The maximum atomic E-state index is 11.6. The first-order valence-electron chi connectivity index (χ1n) is 6.33. The summed E-state index contributed by atoms with van der Waals surface area (Å²) in [6.45, 7) is 1.30. The summed E-state index contributed by atoms with van der Waals surface area (Å²) in [5.74, 6) is -0.0293. The third-order valence-corrected chi connectivity index (χ3v) is 2.57. The standard InChI is InChI=1S/C15H14N2O5/c1-10(18)22-12-6-5-11(8-14(12)20-2)9-16-17-15(19)13-4-3-7-21-13/h3-9H,1-2H3,(H,17,19)/b16-9-. The lowest BCUT2D eigenvalue weighted by Gasteiger charge is -2.08. The van der Waals surface area contributed by atoms with Crippen LogP contribution in [0.1, 0.15) is 23.0 Å². The number of carbonyl (C=O) groups is 2. The Morgan fingerprint density at radius 2 is 2.09 bits per heavy atom. The minimum Gasteiger partial charge on any atom is -0.493 e. The number of hydrogen-bond acceptors (Lipinski definition) is 6. The molecule has 1 aromatic carbocycles. The zero-order valence-corrected chi connectivity index (χ0v) is 12.0. The van der Waals surface area contributed by atoms with Crippen molar-refractivity contribution >= 4 is 18.1 Å². The number of furan rings is 1. The van der Waals surface area contributed by atoms with Crippen molar-refractivity contribution in [1.29, 1.82) is 0 Å². The summed E-state index contributed by atoms with van der Waals surface area (Å²) in [4.78, 5) is 22.6. The molecule has 0 spiro atoms. The highest BCUT2D eigenvalue weighted by Gasteiger charge is 2.08. The average Bonchev–Trinajstić information content (AvgIpc) is 3.02. The molecule has 7 nitrogen and oxygen atoms in total. The molecule has 0 saturated heterocycles. The fraction of sp³-hybridized carbons (Fsp3) is 0.133. The summed E-state index contributed by atoms with van der Waals surface area (Å²) in [7, 11) is 1.46. The molecule has 0 aliphatic carbocycles. The van der Waals surface area contributed by atoms with Gasteiger partial charge >= 0.3 is 11.9 Å². The van der Waals surface area contributed by atoms with Gasteiger partial charge in [-0.1, -0.05) is 0 Å². The van der Waals surface area contributed by atoms with Gasteiger partial charge in [-0.2, -0.15) is 5.10 Å². The molecule has 7 heteroatoms. The van der Waals surface area contributed by atoms with E-state index in [4.69, 9.17) is 13.9 Å². The van der Waals surface area contributed by atoms with Gasteiger partial charge in [-0.15, -0.1) is 0 Å². The number of nitrogens with one attached hydrogen (secondary N) is 1. The highest BCUT2D eigenvalue weighted by Crippen LogP contribution is 2.27. The lowest BCUT2D eigenvalue weighted by Crippen LogP contribution is -2.16. The number of rotatable bonds is 5. The van der Waals surface area contributed by atoms with Gasteiger partial charge in [0.05, 0.1) is 19.6 Å². The molecule has 0 atom stereocenters. The monoisotopic (exact) mass is 302 g/mol. The van der Waals surface area contributed by atoms with Crippen LogP contribution in [0.4, 0.5) is 0 Å². The number of nitrogens with zero attached hydrogens (tertiary/aromatic N) is 1. The quantitative estimate of drug-likeness (QED) is 0.395. The lowest BCUT2D eigenvalue weighted by molar-refractivity contribution is -0.132. The van der Waals surface area contributed by atoms with Crippen LogP contribution in [-0.2, 0) is 4.79 Å². The Bertz CT molecular complexity index is 692. The van der Waals surface area contributed by atoms with Crippen molar-refractivity contribution in [1.82, 2.24) is 5.43 Å². The second-order valence-electron chi connectivity index (χ2n) is 4.18. The van der Waals surface area contributed by atoms with Crippen LogP contribution in [0.5, 0.6) is 11.5 Å². The van der Waals surface area contributed by atoms with Crippen molar-refractivity contribution in [3.63, 3.8) is 0 Å². The highest BCUT2D eigenvalue weighted by atomic mass is 16.6. The molecule has 2 aromatic rings. The maximum Gasteiger partial charge on any atom is 0.308 e. The molecule has 1 heterocycles. The highest BCUT2D eigenvalue weighted by molar-refractivity contribution is 5.92. The maximum absolute atomic E-state index is 11.6. The van der Waals surface area contributed by atoms with E-state index in [1.54, 1.807) is 24.3 Å². The topological polar surface area (TPSA) is 90.1 Å². The van der Waals surface area contributed by atoms with Crippen LogP contribution in [-0.4, -0.2) is 25.2 Å². The number of benzene rings is 1. The Kier molecular flexibility index (Phi) is 4.92. The summed E-state index contributed by atoms with van der Waals surface area (Å²) in [6.07, 6.45) is 2.83. The van der Waals surface area contributed by atoms with Crippen LogP contribution in [0.25, 0.3) is 0 Å². The Morgan fingerprint density at radius 3 is 2.73 bits per heavy atom. The van der Waals surface area contributed by atoms with Gasteiger partial charge in [-0.05, 0) is 35.9 Å². The lowest BCUT2D eigenvalue weighted by atomic mass is 10.2. The van der Waals surface area contributed by atoms with E-state index in [1.807, 2.05) is 0 Å². The molecular formula is C15H14N2O5. The first-order valence-corrected chi connectivity index (χ1v) is 6.33. The van der Waals surface area contributed by atoms with E-state index in [0.717, 1.165) is 0 Å². The molecule has 0 aliphatic rings. The minimum atomic E-state index is -0.454. The van der Waals surface area contributed by atoms with Crippen LogP contribution < -0.4 is 14.9 Å². The molecule has 22 heavy (non-hydrogen) atoms. The molecule has 2 rings (SSSR count). The second kappa shape index (κ2) is 7.07. The molecular weight excluding hydrogens is 288 g/mol. The van der Waals surface area contributed by atoms with E-state index in [-0.39, 0.29) is 5.76 Å². The number of methoxy groups -OCH3 is 1. The first kappa shape index (κ1) is 15.3. The number of hydrogen-bond donors (Lipinski definition) is 1. The van der Waals surface area contributed by atoms with Gasteiger partial charge in [-0.25, -0.2) is 5.43 Å². The Hall–Kier alpha value is -3.09. The molecule has 0 radical (unpaired) electrons. The van der Waals surface area contributed by atoms with Crippen molar-refractivity contribution in [2.24, 2.45) is 5.10 Å². The number of amides is 1. The van der Waals surface area contributed by atoms with E-state index < -0.39 is 11.9 Å². The van der Waals surface area contributed by atoms with Crippen molar-refractivity contribution in [3.8, 4) is 11.5 Å². The van der Waals surface area contributed by atoms with Gasteiger partial charge in [0.1, 0.15) is 0 Å². The summed E-state index contributed by atoms with van der Waals surface area (Å²) in [5.41, 5.74) is 2.99. The molecule has 1 N–H and O–H groups in total. The summed E-state index contributed by atoms with van der Waals surface area (Å²) >= 11 is 0. The fourth-order valence-corrected chi connectivity index (χ4v) is 1.63. The third-order valence-electron chi connectivity index (χ3n) is 2.57. The summed E-state index contributed by atoms with van der Waals surface area (Å²) < 4.78 is 15.1. The van der Waals surface area contributed by atoms with Crippen molar-refractivity contribution in [2.45, 2.75) is 6.92 Å². The Balaban J connectivity index is 2.05. The van der Waals surface area contributed by atoms with Crippen LogP contribution in [0.15, 0.2) is 46.1 Å². The smallest absolute Gasteiger partial charge is 0.308 e. The number of esters is 1. The van der Waals surface area contributed by atoms with E-state index >= 15 is 0 Å². The predicted molar refractivity (Wildman–Crippen MR) is 78.1 cm³/mol. The summed E-state index contributed by atoms with van der Waals surface area (Å²) in [5, 5.41) is 3.82. The fourth-order valence-electron chi connectivity index (χ4n) is 1.63. The molecule has 0 fully saturated rings. The number of carbonyl (C=O) groups excluding carboxylic acids is 2. The minimum absolute atomic E-state index is 0.167. The Labute approximate surface area is 126 Å². The first-order chi connectivity index (χ1) is 10.6.